The zero-order valence-corrected chi connectivity index (χ0v) is 18.1. The molecule has 0 spiro atoms. The molecule has 2 unspecified atom stereocenters. The van der Waals surface area contributed by atoms with Crippen molar-refractivity contribution in [3.63, 3.8) is 0 Å². The van der Waals surface area contributed by atoms with Crippen molar-refractivity contribution in [2.75, 3.05) is 32.7 Å². The molecule has 2 aromatic rings. The average Bonchev–Trinajstić information content (AvgIpc) is 3.22. The van der Waals surface area contributed by atoms with Crippen molar-refractivity contribution in [3.8, 4) is 0 Å². The van der Waals surface area contributed by atoms with E-state index in [0.717, 1.165) is 24.4 Å². The van der Waals surface area contributed by atoms with Crippen molar-refractivity contribution in [3.05, 3.63) is 54.1 Å². The molecule has 4 heteroatoms. The fourth-order valence-corrected chi connectivity index (χ4v) is 5.92. The average molecular weight is 393 g/mol. The van der Waals surface area contributed by atoms with Crippen LogP contribution in [0, 0.1) is 17.3 Å². The molecule has 3 aliphatic rings. The maximum Gasteiger partial charge on any atom is 0.123 e. The van der Waals surface area contributed by atoms with Crippen LogP contribution in [0.15, 0.2) is 42.7 Å². The van der Waals surface area contributed by atoms with E-state index in [1.54, 1.807) is 0 Å². The summed E-state index contributed by atoms with van der Waals surface area (Å²) in [5.74, 6) is 2.83. The summed E-state index contributed by atoms with van der Waals surface area (Å²) >= 11 is 0. The molecule has 0 N–H and O–H groups in total. The fourth-order valence-electron chi connectivity index (χ4n) is 5.92. The van der Waals surface area contributed by atoms with Crippen LogP contribution in [0.3, 0.4) is 0 Å². The molecule has 2 aliphatic heterocycles. The van der Waals surface area contributed by atoms with Crippen molar-refractivity contribution in [1.29, 1.82) is 0 Å². The number of nitrogens with zero attached hydrogens (tertiary/aromatic N) is 4. The highest BCUT2D eigenvalue weighted by Crippen LogP contribution is 2.46. The molecule has 3 fully saturated rings. The molecule has 156 valence electrons. The van der Waals surface area contributed by atoms with Gasteiger partial charge in [0.25, 0.3) is 0 Å². The van der Waals surface area contributed by atoms with Gasteiger partial charge in [0.15, 0.2) is 0 Å². The first kappa shape index (κ1) is 19.3. The van der Waals surface area contributed by atoms with E-state index in [4.69, 9.17) is 4.98 Å². The second kappa shape index (κ2) is 7.88. The fraction of sp³-hybridized carbons (Fsp3) is 0.640. The Morgan fingerprint density at radius 1 is 1.07 bits per heavy atom. The molecule has 29 heavy (non-hydrogen) atoms. The third-order valence-corrected chi connectivity index (χ3v) is 7.33. The second-order valence-electron chi connectivity index (χ2n) is 10.3. The van der Waals surface area contributed by atoms with Crippen LogP contribution < -0.4 is 0 Å². The number of hydrogen-bond acceptors (Lipinski definition) is 3. The Morgan fingerprint density at radius 3 is 2.59 bits per heavy atom. The molecule has 3 heterocycles. The summed E-state index contributed by atoms with van der Waals surface area (Å²) in [6, 6.07) is 11.8. The molecule has 1 aromatic carbocycles. The van der Waals surface area contributed by atoms with Gasteiger partial charge in [-0.2, -0.15) is 0 Å². The molecule has 1 aliphatic carbocycles. The van der Waals surface area contributed by atoms with E-state index in [-0.39, 0.29) is 0 Å². The number of aromatic nitrogens is 2. The summed E-state index contributed by atoms with van der Waals surface area (Å²) < 4.78 is 2.44. The van der Waals surface area contributed by atoms with Crippen molar-refractivity contribution in [2.45, 2.75) is 52.1 Å². The monoisotopic (exact) mass is 392 g/mol. The van der Waals surface area contributed by atoms with Gasteiger partial charge < -0.3 is 9.47 Å². The van der Waals surface area contributed by atoms with Gasteiger partial charge in [-0.05, 0) is 43.1 Å². The highest BCUT2D eigenvalue weighted by Gasteiger charge is 2.51. The molecule has 4 nitrogen and oxygen atoms in total. The lowest BCUT2D eigenvalue weighted by Crippen LogP contribution is -2.36. The lowest BCUT2D eigenvalue weighted by molar-refractivity contribution is 0.187. The smallest absolute Gasteiger partial charge is 0.123 e. The molecule has 2 saturated heterocycles. The van der Waals surface area contributed by atoms with Crippen molar-refractivity contribution in [2.24, 2.45) is 17.3 Å². The zero-order chi connectivity index (χ0) is 19.8. The number of imidazole rings is 1. The third-order valence-electron chi connectivity index (χ3n) is 7.33. The maximum absolute atomic E-state index is 4.72. The van der Waals surface area contributed by atoms with Crippen LogP contribution in [-0.4, -0.2) is 52.1 Å². The summed E-state index contributed by atoms with van der Waals surface area (Å²) in [5, 5.41) is 0. The maximum atomic E-state index is 4.72. The minimum Gasteiger partial charge on any atom is -0.331 e. The highest BCUT2D eigenvalue weighted by molar-refractivity contribution is 5.16. The number of rotatable bonds is 8. The first-order valence-corrected chi connectivity index (χ1v) is 11.6. The molecule has 0 bridgehead atoms. The van der Waals surface area contributed by atoms with E-state index in [1.807, 2.05) is 6.20 Å². The van der Waals surface area contributed by atoms with Crippen molar-refractivity contribution in [1.82, 2.24) is 19.4 Å². The predicted molar refractivity (Wildman–Crippen MR) is 118 cm³/mol. The Labute approximate surface area is 175 Å². The number of benzene rings is 1. The first-order valence-electron chi connectivity index (χ1n) is 11.6. The van der Waals surface area contributed by atoms with Crippen LogP contribution in [0.25, 0.3) is 0 Å². The van der Waals surface area contributed by atoms with Crippen LogP contribution in [0.2, 0.25) is 0 Å². The second-order valence-corrected chi connectivity index (χ2v) is 10.3. The van der Waals surface area contributed by atoms with Gasteiger partial charge >= 0.3 is 0 Å². The summed E-state index contributed by atoms with van der Waals surface area (Å²) in [6.45, 7) is 12.0. The van der Waals surface area contributed by atoms with E-state index >= 15 is 0 Å². The third kappa shape index (κ3) is 4.15. The molecule has 0 amide bonds. The zero-order valence-electron chi connectivity index (χ0n) is 18.1. The molecule has 2 atom stereocenters. The van der Waals surface area contributed by atoms with Gasteiger partial charge in [-0.15, -0.1) is 0 Å². The van der Waals surface area contributed by atoms with E-state index in [1.165, 1.54) is 69.8 Å². The van der Waals surface area contributed by atoms with Gasteiger partial charge in [0.1, 0.15) is 5.82 Å². The minimum absolute atomic E-state index is 0.446. The van der Waals surface area contributed by atoms with Crippen molar-refractivity contribution < 1.29 is 0 Å². The summed E-state index contributed by atoms with van der Waals surface area (Å²) in [4.78, 5) is 10.2. The normalized spacial score (nSPS) is 27.8. The van der Waals surface area contributed by atoms with Gasteiger partial charge in [0, 0.05) is 56.6 Å². The molecular weight excluding hydrogens is 356 g/mol. The Hall–Kier alpha value is -1.65. The van der Waals surface area contributed by atoms with Crippen LogP contribution in [0.5, 0.6) is 0 Å². The predicted octanol–water partition coefficient (Wildman–Crippen LogP) is 4.24. The van der Waals surface area contributed by atoms with E-state index < -0.39 is 0 Å². The Balaban J connectivity index is 1.29. The van der Waals surface area contributed by atoms with Gasteiger partial charge in [0.2, 0.25) is 0 Å². The summed E-state index contributed by atoms with van der Waals surface area (Å²) in [7, 11) is 0. The molecule has 5 rings (SSSR count). The lowest BCUT2D eigenvalue weighted by Gasteiger charge is -2.30. The van der Waals surface area contributed by atoms with Crippen molar-refractivity contribution >= 4 is 0 Å². The first-order chi connectivity index (χ1) is 14.1. The van der Waals surface area contributed by atoms with Crippen LogP contribution in [-0.2, 0) is 13.0 Å². The van der Waals surface area contributed by atoms with Gasteiger partial charge in [-0.1, -0.05) is 44.2 Å². The number of aryl methyl sites for hydroxylation is 1. The molecular formula is C25H36N4. The van der Waals surface area contributed by atoms with Gasteiger partial charge in [-0.3, -0.25) is 4.90 Å². The molecule has 1 aromatic heterocycles. The number of likely N-dealkylation sites (tertiary alicyclic amines) is 2. The van der Waals surface area contributed by atoms with E-state index in [0.29, 0.717) is 5.41 Å². The quantitative estimate of drug-likeness (QED) is 0.671. The SMILES string of the molecule is CC(C)CN1CC2CN(Cc3nccn3C3CC3)CC2(CCc2ccccc2)C1. The topological polar surface area (TPSA) is 24.3 Å². The number of fused-ring (bicyclic) bond motifs is 1. The molecule has 0 radical (unpaired) electrons. The van der Waals surface area contributed by atoms with E-state index in [9.17, 15) is 0 Å². The summed E-state index contributed by atoms with van der Waals surface area (Å²) in [6.07, 6.45) is 9.37. The van der Waals surface area contributed by atoms with E-state index in [2.05, 4.69) is 64.7 Å². The molecule has 1 saturated carbocycles. The Kier molecular flexibility index (Phi) is 5.25. The highest BCUT2D eigenvalue weighted by atomic mass is 15.3. The number of hydrogen-bond donors (Lipinski definition) is 0. The lowest BCUT2D eigenvalue weighted by atomic mass is 9.76. The largest absolute Gasteiger partial charge is 0.331 e. The minimum atomic E-state index is 0.446. The van der Waals surface area contributed by atoms with Gasteiger partial charge in [0.05, 0.1) is 6.54 Å². The Morgan fingerprint density at radius 2 is 1.83 bits per heavy atom. The van der Waals surface area contributed by atoms with Crippen LogP contribution >= 0.6 is 0 Å². The summed E-state index contributed by atoms with van der Waals surface area (Å²) in [5.41, 5.74) is 1.94. The standard InChI is InChI=1S/C25H36N4/c1-20(2)14-27-15-22-16-28(17-24-26-12-13-29(24)23-8-9-23)19-25(22,18-27)11-10-21-6-4-3-5-7-21/h3-7,12-13,20,22-23H,8-11,14-19H2,1-2H3. The van der Waals surface area contributed by atoms with Crippen LogP contribution in [0.4, 0.5) is 0 Å². The van der Waals surface area contributed by atoms with Gasteiger partial charge in [-0.25, -0.2) is 4.98 Å². The Bertz CT molecular complexity index is 809. The van der Waals surface area contributed by atoms with Crippen LogP contribution in [0.1, 0.15) is 50.5 Å².